The fourth-order valence-electron chi connectivity index (χ4n) is 1.88. The molecule has 0 heterocycles. The van der Waals surface area contributed by atoms with Gasteiger partial charge in [0.2, 0.25) is 0 Å². The van der Waals surface area contributed by atoms with Crippen molar-refractivity contribution in [2.24, 2.45) is 11.8 Å². The van der Waals surface area contributed by atoms with Gasteiger partial charge < -0.3 is 4.74 Å². The quantitative estimate of drug-likeness (QED) is 0.484. The van der Waals surface area contributed by atoms with Crippen LogP contribution in [0, 0.1) is 11.8 Å². The molecule has 0 N–H and O–H groups in total. The molecule has 74 valence electrons. The first-order chi connectivity index (χ1) is 6.15. The summed E-state index contributed by atoms with van der Waals surface area (Å²) in [7, 11) is 0. The summed E-state index contributed by atoms with van der Waals surface area (Å²) in [5, 5.41) is 0. The molecule has 0 aromatic heterocycles. The molecule has 0 bridgehead atoms. The Morgan fingerprint density at radius 3 is 2.92 bits per heavy atom. The number of allylic oxidation sites excluding steroid dienone is 2. The van der Waals surface area contributed by atoms with Gasteiger partial charge in [-0.05, 0) is 32.6 Å². The van der Waals surface area contributed by atoms with Crippen molar-refractivity contribution in [2.45, 2.75) is 33.6 Å². The molecule has 1 rings (SSSR count). The molecule has 0 aliphatic heterocycles. The zero-order chi connectivity index (χ0) is 9.84. The van der Waals surface area contributed by atoms with Gasteiger partial charge >= 0.3 is 5.97 Å². The summed E-state index contributed by atoms with van der Waals surface area (Å²) in [5.41, 5.74) is 1.40. The highest BCUT2D eigenvalue weighted by molar-refractivity contribution is 5.73. The standard InChI is InChI=1S/C11H18O2/c1-4-13-11(12)10-6-5-8(2)7-9(10)3/h7,9-10H,4-6H2,1-3H3/t9-,10+/m0/s1. The molecule has 13 heavy (non-hydrogen) atoms. The smallest absolute Gasteiger partial charge is 0.309 e. The van der Waals surface area contributed by atoms with Crippen molar-refractivity contribution in [3.63, 3.8) is 0 Å². The van der Waals surface area contributed by atoms with Crippen molar-refractivity contribution in [1.29, 1.82) is 0 Å². The van der Waals surface area contributed by atoms with Crippen molar-refractivity contribution in [3.8, 4) is 0 Å². The van der Waals surface area contributed by atoms with Gasteiger partial charge in [0.25, 0.3) is 0 Å². The maximum Gasteiger partial charge on any atom is 0.309 e. The molecule has 0 aromatic carbocycles. The molecular formula is C11H18O2. The molecule has 0 unspecified atom stereocenters. The number of rotatable bonds is 2. The summed E-state index contributed by atoms with van der Waals surface area (Å²) < 4.78 is 5.02. The SMILES string of the molecule is CCOC(=O)[C@@H]1CCC(C)=C[C@@H]1C. The molecule has 1 aliphatic rings. The average Bonchev–Trinajstić information content (AvgIpc) is 2.04. The van der Waals surface area contributed by atoms with E-state index in [4.69, 9.17) is 4.74 Å². The first kappa shape index (κ1) is 10.3. The van der Waals surface area contributed by atoms with Crippen LogP contribution in [0.2, 0.25) is 0 Å². The molecule has 1 aliphatic carbocycles. The highest BCUT2D eigenvalue weighted by Crippen LogP contribution is 2.29. The molecular weight excluding hydrogens is 164 g/mol. The fourth-order valence-corrected chi connectivity index (χ4v) is 1.88. The van der Waals surface area contributed by atoms with Gasteiger partial charge in [-0.1, -0.05) is 18.6 Å². The number of hydrogen-bond acceptors (Lipinski definition) is 2. The van der Waals surface area contributed by atoms with Gasteiger partial charge in [-0.25, -0.2) is 0 Å². The van der Waals surface area contributed by atoms with Crippen molar-refractivity contribution in [1.82, 2.24) is 0 Å². The van der Waals surface area contributed by atoms with Crippen LogP contribution >= 0.6 is 0 Å². The Labute approximate surface area is 80.0 Å². The summed E-state index contributed by atoms with van der Waals surface area (Å²) >= 11 is 0. The van der Waals surface area contributed by atoms with Crippen molar-refractivity contribution >= 4 is 5.97 Å². The molecule has 2 heteroatoms. The lowest BCUT2D eigenvalue weighted by Gasteiger charge is -2.24. The Morgan fingerprint density at radius 2 is 2.38 bits per heavy atom. The van der Waals surface area contributed by atoms with Crippen molar-refractivity contribution in [2.75, 3.05) is 6.61 Å². The Bertz CT molecular complexity index is 218. The lowest BCUT2D eigenvalue weighted by atomic mass is 9.82. The van der Waals surface area contributed by atoms with Crippen molar-refractivity contribution in [3.05, 3.63) is 11.6 Å². The van der Waals surface area contributed by atoms with E-state index in [-0.39, 0.29) is 11.9 Å². The predicted molar refractivity (Wildman–Crippen MR) is 52.3 cm³/mol. The monoisotopic (exact) mass is 182 g/mol. The van der Waals surface area contributed by atoms with E-state index in [2.05, 4.69) is 19.9 Å². The Morgan fingerprint density at radius 1 is 1.69 bits per heavy atom. The topological polar surface area (TPSA) is 26.3 Å². The second kappa shape index (κ2) is 4.45. The second-order valence-corrected chi connectivity index (χ2v) is 3.77. The van der Waals surface area contributed by atoms with E-state index in [1.165, 1.54) is 5.57 Å². The van der Waals surface area contributed by atoms with Crippen LogP contribution in [0.15, 0.2) is 11.6 Å². The molecule has 0 saturated heterocycles. The number of hydrogen-bond donors (Lipinski definition) is 0. The minimum Gasteiger partial charge on any atom is -0.466 e. The molecule has 0 saturated carbocycles. The number of carbonyl (C=O) groups excluding carboxylic acids is 1. The average molecular weight is 182 g/mol. The van der Waals surface area contributed by atoms with Crippen LogP contribution in [-0.2, 0) is 9.53 Å². The fraction of sp³-hybridized carbons (Fsp3) is 0.727. The zero-order valence-electron chi connectivity index (χ0n) is 8.67. The van der Waals surface area contributed by atoms with Crippen LogP contribution in [0.4, 0.5) is 0 Å². The molecule has 0 radical (unpaired) electrons. The summed E-state index contributed by atoms with van der Waals surface area (Å²) in [6, 6.07) is 0. The summed E-state index contributed by atoms with van der Waals surface area (Å²) in [5.74, 6) is 0.398. The van der Waals surface area contributed by atoms with Gasteiger partial charge in [0.1, 0.15) is 0 Å². The van der Waals surface area contributed by atoms with Gasteiger partial charge in [0.15, 0.2) is 0 Å². The molecule has 0 spiro atoms. The molecule has 0 amide bonds. The highest BCUT2D eigenvalue weighted by Gasteiger charge is 2.27. The van der Waals surface area contributed by atoms with E-state index < -0.39 is 0 Å². The largest absolute Gasteiger partial charge is 0.466 e. The van der Waals surface area contributed by atoms with Gasteiger partial charge in [-0.15, -0.1) is 0 Å². The van der Waals surface area contributed by atoms with E-state index in [9.17, 15) is 4.79 Å². The number of carbonyl (C=O) groups is 1. The minimum absolute atomic E-state index is 0.0289. The van der Waals surface area contributed by atoms with Crippen LogP contribution in [0.25, 0.3) is 0 Å². The van der Waals surface area contributed by atoms with Crippen LogP contribution in [0.3, 0.4) is 0 Å². The lowest BCUT2D eigenvalue weighted by molar-refractivity contribution is -0.149. The van der Waals surface area contributed by atoms with E-state index >= 15 is 0 Å². The summed E-state index contributed by atoms with van der Waals surface area (Å²) in [6.45, 7) is 6.55. The van der Waals surface area contributed by atoms with Crippen molar-refractivity contribution < 1.29 is 9.53 Å². The first-order valence-corrected chi connectivity index (χ1v) is 4.99. The van der Waals surface area contributed by atoms with Crippen LogP contribution in [0.1, 0.15) is 33.6 Å². The van der Waals surface area contributed by atoms with E-state index in [0.717, 1.165) is 12.8 Å². The third kappa shape index (κ3) is 2.58. The summed E-state index contributed by atoms with van der Waals surface area (Å²) in [6.07, 6.45) is 4.17. The van der Waals surface area contributed by atoms with E-state index in [0.29, 0.717) is 12.5 Å². The third-order valence-electron chi connectivity index (χ3n) is 2.62. The number of esters is 1. The van der Waals surface area contributed by atoms with E-state index in [1.54, 1.807) is 0 Å². The zero-order valence-corrected chi connectivity index (χ0v) is 8.67. The van der Waals surface area contributed by atoms with E-state index in [1.807, 2.05) is 6.92 Å². The second-order valence-electron chi connectivity index (χ2n) is 3.77. The molecule has 2 nitrogen and oxygen atoms in total. The Balaban J connectivity index is 2.57. The van der Waals surface area contributed by atoms with Gasteiger partial charge in [-0.3, -0.25) is 4.79 Å². The Hall–Kier alpha value is -0.790. The van der Waals surface area contributed by atoms with Crippen LogP contribution in [0.5, 0.6) is 0 Å². The van der Waals surface area contributed by atoms with Crippen LogP contribution in [-0.4, -0.2) is 12.6 Å². The van der Waals surface area contributed by atoms with Gasteiger partial charge in [-0.2, -0.15) is 0 Å². The molecule has 0 aromatic rings. The summed E-state index contributed by atoms with van der Waals surface area (Å²) in [4.78, 5) is 11.5. The van der Waals surface area contributed by atoms with Gasteiger partial charge in [0, 0.05) is 0 Å². The first-order valence-electron chi connectivity index (χ1n) is 4.99. The van der Waals surface area contributed by atoms with Crippen LogP contribution < -0.4 is 0 Å². The number of ether oxygens (including phenoxy) is 1. The molecule has 2 atom stereocenters. The molecule has 0 fully saturated rings. The normalized spacial score (nSPS) is 28.1. The maximum atomic E-state index is 11.5. The lowest BCUT2D eigenvalue weighted by Crippen LogP contribution is -2.25. The minimum atomic E-state index is -0.0289. The predicted octanol–water partition coefficient (Wildman–Crippen LogP) is 2.54. The third-order valence-corrected chi connectivity index (χ3v) is 2.62. The highest BCUT2D eigenvalue weighted by atomic mass is 16.5. The maximum absolute atomic E-state index is 11.5. The van der Waals surface area contributed by atoms with Gasteiger partial charge in [0.05, 0.1) is 12.5 Å². The Kier molecular flexibility index (Phi) is 3.52.